The van der Waals surface area contributed by atoms with E-state index in [4.69, 9.17) is 16.3 Å². The number of nitrogens with one attached hydrogen (secondary N) is 1. The summed E-state index contributed by atoms with van der Waals surface area (Å²) in [6.45, 7) is 0. The fourth-order valence-electron chi connectivity index (χ4n) is 2.33. The van der Waals surface area contributed by atoms with Gasteiger partial charge < -0.3 is 10.1 Å². The fourth-order valence-corrected chi connectivity index (χ4v) is 2.63. The highest BCUT2D eigenvalue weighted by Gasteiger charge is 2.17. The number of halogens is 1. The van der Waals surface area contributed by atoms with Crippen molar-refractivity contribution in [3.63, 3.8) is 0 Å². The fraction of sp³-hybridized carbons (Fsp3) is 0.400. The lowest BCUT2D eigenvalue weighted by Gasteiger charge is -2.17. The molecule has 0 saturated carbocycles. The van der Waals surface area contributed by atoms with Crippen LogP contribution in [-0.4, -0.2) is 23.9 Å². The van der Waals surface area contributed by atoms with Crippen molar-refractivity contribution in [2.75, 3.05) is 14.2 Å². The highest BCUT2D eigenvalue weighted by molar-refractivity contribution is 6.31. The molecular weight excluding hydrogens is 274 g/mol. The maximum atomic E-state index is 6.20. The zero-order valence-corrected chi connectivity index (χ0v) is 12.8. The Labute approximate surface area is 124 Å². The van der Waals surface area contributed by atoms with Gasteiger partial charge in [-0.15, -0.1) is 0 Å². The molecule has 0 spiro atoms. The number of aryl methyl sites for hydroxylation is 2. The van der Waals surface area contributed by atoms with E-state index in [0.29, 0.717) is 5.02 Å². The second-order valence-electron chi connectivity index (χ2n) is 4.73. The van der Waals surface area contributed by atoms with E-state index in [-0.39, 0.29) is 6.04 Å². The van der Waals surface area contributed by atoms with E-state index in [9.17, 15) is 0 Å². The van der Waals surface area contributed by atoms with Crippen LogP contribution in [0.2, 0.25) is 5.02 Å². The molecule has 0 aliphatic rings. The summed E-state index contributed by atoms with van der Waals surface area (Å²) in [6, 6.07) is 8.35. The first-order valence-electron chi connectivity index (χ1n) is 6.63. The van der Waals surface area contributed by atoms with E-state index in [1.165, 1.54) is 5.56 Å². The number of ether oxygens (including phenoxy) is 1. The lowest BCUT2D eigenvalue weighted by Crippen LogP contribution is -2.20. The summed E-state index contributed by atoms with van der Waals surface area (Å²) < 4.78 is 7.00. The standard InChI is InChI=1S/C15H20ClN3O/c1-17-14(15-13(16)10-18-19(15)2)9-6-11-4-7-12(20-3)8-5-11/h4-5,7-8,10,14,17H,6,9H2,1-3H3. The molecule has 1 aromatic carbocycles. The maximum Gasteiger partial charge on any atom is 0.118 e. The van der Waals surface area contributed by atoms with Gasteiger partial charge in [-0.05, 0) is 37.6 Å². The monoisotopic (exact) mass is 293 g/mol. The molecule has 0 radical (unpaired) electrons. The SMILES string of the molecule is CNC(CCc1ccc(OC)cc1)c1c(Cl)cnn1C. The Morgan fingerprint density at radius 3 is 2.55 bits per heavy atom. The van der Waals surface area contributed by atoms with Crippen LogP contribution >= 0.6 is 11.6 Å². The molecule has 0 aliphatic heterocycles. The molecule has 0 saturated heterocycles. The molecule has 0 amide bonds. The van der Waals surface area contributed by atoms with Gasteiger partial charge >= 0.3 is 0 Å². The van der Waals surface area contributed by atoms with Crippen molar-refractivity contribution in [3.05, 3.63) is 46.7 Å². The van der Waals surface area contributed by atoms with Crippen LogP contribution in [0.5, 0.6) is 5.75 Å². The molecule has 1 aromatic heterocycles. The molecule has 0 aliphatic carbocycles. The van der Waals surface area contributed by atoms with E-state index in [2.05, 4.69) is 22.5 Å². The summed E-state index contributed by atoms with van der Waals surface area (Å²) in [7, 11) is 5.54. The van der Waals surface area contributed by atoms with Crippen LogP contribution in [0.15, 0.2) is 30.5 Å². The Kier molecular flexibility index (Phi) is 5.04. The summed E-state index contributed by atoms with van der Waals surface area (Å²) in [5.74, 6) is 0.883. The number of hydrogen-bond acceptors (Lipinski definition) is 3. The van der Waals surface area contributed by atoms with Crippen LogP contribution in [0, 0.1) is 0 Å². The molecular formula is C15H20ClN3O. The predicted molar refractivity (Wildman–Crippen MR) is 81.3 cm³/mol. The van der Waals surface area contributed by atoms with Crippen molar-refractivity contribution in [2.24, 2.45) is 7.05 Å². The van der Waals surface area contributed by atoms with E-state index in [1.807, 2.05) is 30.9 Å². The van der Waals surface area contributed by atoms with Crippen molar-refractivity contribution in [2.45, 2.75) is 18.9 Å². The lowest BCUT2D eigenvalue weighted by atomic mass is 10.0. The van der Waals surface area contributed by atoms with E-state index < -0.39 is 0 Å². The first kappa shape index (κ1) is 14.9. The van der Waals surface area contributed by atoms with Crippen molar-refractivity contribution < 1.29 is 4.74 Å². The number of methoxy groups -OCH3 is 1. The summed E-state index contributed by atoms with van der Waals surface area (Å²) in [6.07, 6.45) is 3.62. The smallest absolute Gasteiger partial charge is 0.118 e. The van der Waals surface area contributed by atoms with Crippen molar-refractivity contribution >= 4 is 11.6 Å². The van der Waals surface area contributed by atoms with Gasteiger partial charge in [0.15, 0.2) is 0 Å². The Morgan fingerprint density at radius 1 is 1.35 bits per heavy atom. The highest BCUT2D eigenvalue weighted by Crippen LogP contribution is 2.25. The molecule has 5 heteroatoms. The second kappa shape index (κ2) is 6.77. The van der Waals surface area contributed by atoms with E-state index >= 15 is 0 Å². The van der Waals surface area contributed by atoms with Gasteiger partial charge in [0.05, 0.1) is 30.1 Å². The molecule has 2 rings (SSSR count). The van der Waals surface area contributed by atoms with E-state index in [1.54, 1.807) is 13.3 Å². The number of hydrogen-bond donors (Lipinski definition) is 1. The Balaban J connectivity index is 2.03. The van der Waals surface area contributed by atoms with Gasteiger partial charge in [-0.1, -0.05) is 23.7 Å². The van der Waals surface area contributed by atoms with E-state index in [0.717, 1.165) is 24.3 Å². The molecule has 108 valence electrons. The third-order valence-electron chi connectivity index (χ3n) is 3.50. The average molecular weight is 294 g/mol. The summed E-state index contributed by atoms with van der Waals surface area (Å²) in [4.78, 5) is 0. The molecule has 0 bridgehead atoms. The van der Waals surface area contributed by atoms with Crippen LogP contribution in [0.3, 0.4) is 0 Å². The van der Waals surface area contributed by atoms with Crippen LogP contribution in [0.1, 0.15) is 23.7 Å². The molecule has 4 nitrogen and oxygen atoms in total. The van der Waals surface area contributed by atoms with Gasteiger partial charge in [0.1, 0.15) is 5.75 Å². The van der Waals surface area contributed by atoms with Gasteiger partial charge in [0.25, 0.3) is 0 Å². The molecule has 1 atom stereocenters. The molecule has 1 unspecified atom stereocenters. The minimum atomic E-state index is 0.192. The average Bonchev–Trinajstić information content (AvgIpc) is 2.81. The van der Waals surface area contributed by atoms with Gasteiger partial charge in [0, 0.05) is 7.05 Å². The first-order chi connectivity index (χ1) is 9.65. The van der Waals surface area contributed by atoms with Crippen LogP contribution in [0.4, 0.5) is 0 Å². The molecule has 1 N–H and O–H groups in total. The zero-order valence-electron chi connectivity index (χ0n) is 12.1. The topological polar surface area (TPSA) is 39.1 Å². The Hall–Kier alpha value is -1.52. The Bertz CT molecular complexity index is 531. The van der Waals surface area contributed by atoms with Crippen LogP contribution in [0.25, 0.3) is 0 Å². The van der Waals surface area contributed by atoms with Gasteiger partial charge in [-0.3, -0.25) is 4.68 Å². The molecule has 2 aromatic rings. The highest BCUT2D eigenvalue weighted by atomic mass is 35.5. The minimum absolute atomic E-state index is 0.192. The number of benzene rings is 1. The second-order valence-corrected chi connectivity index (χ2v) is 5.14. The van der Waals surface area contributed by atoms with Gasteiger partial charge in [-0.2, -0.15) is 5.10 Å². The quantitative estimate of drug-likeness (QED) is 0.890. The van der Waals surface area contributed by atoms with Gasteiger partial charge in [0.2, 0.25) is 0 Å². The zero-order chi connectivity index (χ0) is 14.5. The first-order valence-corrected chi connectivity index (χ1v) is 7.01. The predicted octanol–water partition coefficient (Wildman–Crippen LogP) is 2.98. The number of aromatic nitrogens is 2. The Morgan fingerprint density at radius 2 is 2.05 bits per heavy atom. The van der Waals surface area contributed by atoms with Crippen molar-refractivity contribution in [1.82, 2.24) is 15.1 Å². The van der Waals surface area contributed by atoms with Crippen LogP contribution in [-0.2, 0) is 13.5 Å². The summed E-state index contributed by atoms with van der Waals surface area (Å²) >= 11 is 6.20. The lowest BCUT2D eigenvalue weighted by molar-refractivity contribution is 0.414. The molecule has 20 heavy (non-hydrogen) atoms. The summed E-state index contributed by atoms with van der Waals surface area (Å²) in [5.41, 5.74) is 2.31. The van der Waals surface area contributed by atoms with Crippen molar-refractivity contribution in [3.8, 4) is 5.75 Å². The molecule has 1 heterocycles. The maximum absolute atomic E-state index is 6.20. The van der Waals surface area contributed by atoms with Crippen molar-refractivity contribution in [1.29, 1.82) is 0 Å². The van der Waals surface area contributed by atoms with Gasteiger partial charge in [-0.25, -0.2) is 0 Å². The normalized spacial score (nSPS) is 12.4. The number of rotatable bonds is 6. The largest absolute Gasteiger partial charge is 0.497 e. The third-order valence-corrected chi connectivity index (χ3v) is 3.79. The third kappa shape index (κ3) is 3.32. The minimum Gasteiger partial charge on any atom is -0.497 e. The van der Waals surface area contributed by atoms with Crippen LogP contribution < -0.4 is 10.1 Å². The summed E-state index contributed by atoms with van der Waals surface area (Å²) in [5, 5.41) is 8.21. The number of nitrogens with zero attached hydrogens (tertiary/aromatic N) is 2. The molecule has 0 fully saturated rings.